The predicted molar refractivity (Wildman–Crippen MR) is 251 cm³/mol. The Kier molecular flexibility index (Phi) is 12.5. The van der Waals surface area contributed by atoms with Crippen LogP contribution in [0.4, 0.5) is 21.8 Å². The zero-order valence-corrected chi connectivity index (χ0v) is 39.4. The number of likely N-dealkylation sites (tertiary alicyclic amines) is 1. The minimum absolute atomic E-state index is 0.0392. The summed E-state index contributed by atoms with van der Waals surface area (Å²) in [6.45, 7) is 7.03. The number of aromatic nitrogens is 3. The number of likely N-dealkylation sites (N-methyl/N-ethyl adjacent to an activating group) is 1. The number of benzene rings is 2. The van der Waals surface area contributed by atoms with E-state index in [1.807, 2.05) is 32.0 Å². The maximum absolute atomic E-state index is 15.7. The van der Waals surface area contributed by atoms with E-state index >= 15 is 4.39 Å². The van der Waals surface area contributed by atoms with Crippen LogP contribution in [0.1, 0.15) is 98.7 Å². The van der Waals surface area contributed by atoms with Gasteiger partial charge in [-0.3, -0.25) is 29.3 Å². The van der Waals surface area contributed by atoms with E-state index in [0.29, 0.717) is 57.8 Å². The van der Waals surface area contributed by atoms with E-state index in [-0.39, 0.29) is 72.7 Å². The quantitative estimate of drug-likeness (QED) is 0.113. The molecular formula is C49H57ClFN9O8. The smallest absolute Gasteiger partial charge is 0.293 e. The summed E-state index contributed by atoms with van der Waals surface area (Å²) in [5, 5.41) is 9.28. The summed E-state index contributed by atoms with van der Waals surface area (Å²) in [6.07, 6.45) is 8.38. The molecule has 2 aromatic heterocycles. The van der Waals surface area contributed by atoms with Gasteiger partial charge in [-0.2, -0.15) is 4.98 Å². The molecule has 6 aliphatic rings. The Balaban J connectivity index is 0.704. The Hall–Kier alpha value is -5.85. The Bertz CT molecular complexity index is 2730. The first-order chi connectivity index (χ1) is 32.8. The van der Waals surface area contributed by atoms with Crippen molar-refractivity contribution in [3.8, 4) is 11.5 Å². The molecule has 1 saturated carbocycles. The molecule has 7 heterocycles. The maximum atomic E-state index is 15.7. The number of hydrogen-bond donors (Lipinski definition) is 3. The second-order valence-electron chi connectivity index (χ2n) is 19.3. The van der Waals surface area contributed by atoms with Crippen molar-refractivity contribution in [3.05, 3.63) is 74.4 Å². The van der Waals surface area contributed by atoms with Gasteiger partial charge in [0, 0.05) is 60.8 Å². The van der Waals surface area contributed by atoms with E-state index < -0.39 is 23.7 Å². The Morgan fingerprint density at radius 3 is 2.46 bits per heavy atom. The topological polar surface area (TPSA) is 193 Å². The largest absolute Gasteiger partial charge is 0.496 e. The first kappa shape index (κ1) is 45.9. The molecule has 360 valence electrons. The monoisotopic (exact) mass is 953 g/mol. The first-order valence-electron chi connectivity index (χ1n) is 23.8. The van der Waals surface area contributed by atoms with Crippen molar-refractivity contribution in [1.82, 2.24) is 35.0 Å². The van der Waals surface area contributed by atoms with E-state index in [0.717, 1.165) is 81.2 Å². The third-order valence-corrected chi connectivity index (χ3v) is 15.3. The van der Waals surface area contributed by atoms with Crippen LogP contribution in [-0.2, 0) is 25.7 Å². The normalized spacial score (nSPS) is 24.5. The second-order valence-corrected chi connectivity index (χ2v) is 19.7. The lowest BCUT2D eigenvalue weighted by molar-refractivity contribution is -0.137. The number of nitrogens with zero attached hydrogens (tertiary/aromatic N) is 6. The number of hydrogen-bond acceptors (Lipinski definition) is 13. The van der Waals surface area contributed by atoms with Gasteiger partial charge in [0.15, 0.2) is 18.2 Å². The summed E-state index contributed by atoms with van der Waals surface area (Å²) < 4.78 is 35.3. The number of amides is 4. The molecule has 4 amide bonds. The van der Waals surface area contributed by atoms with Crippen LogP contribution in [0.15, 0.2) is 41.3 Å². The van der Waals surface area contributed by atoms with Crippen molar-refractivity contribution in [1.29, 1.82) is 0 Å². The third-order valence-electron chi connectivity index (χ3n) is 15.1. The highest BCUT2D eigenvalue weighted by molar-refractivity contribution is 6.33. The fourth-order valence-electron chi connectivity index (χ4n) is 11.3. The lowest BCUT2D eigenvalue weighted by atomic mass is 9.74. The van der Waals surface area contributed by atoms with Crippen LogP contribution in [-0.4, -0.2) is 119 Å². The number of methoxy groups -OCH3 is 1. The Labute approximate surface area is 398 Å². The van der Waals surface area contributed by atoms with Gasteiger partial charge in [-0.15, -0.1) is 0 Å². The van der Waals surface area contributed by atoms with Crippen molar-refractivity contribution in [2.24, 2.45) is 11.8 Å². The number of fused-ring (bicyclic) bond motifs is 2. The van der Waals surface area contributed by atoms with E-state index in [4.69, 9.17) is 30.8 Å². The summed E-state index contributed by atoms with van der Waals surface area (Å²) >= 11 is 6.63. The number of anilines is 3. The number of halogens is 2. The van der Waals surface area contributed by atoms with Gasteiger partial charge in [0.05, 0.1) is 43.1 Å². The van der Waals surface area contributed by atoms with Gasteiger partial charge in [-0.25, -0.2) is 9.37 Å². The van der Waals surface area contributed by atoms with Gasteiger partial charge in [0.1, 0.15) is 22.6 Å². The average molecular weight is 955 g/mol. The van der Waals surface area contributed by atoms with Crippen molar-refractivity contribution < 1.29 is 37.8 Å². The van der Waals surface area contributed by atoms with Crippen LogP contribution in [0, 0.1) is 17.7 Å². The van der Waals surface area contributed by atoms with Crippen LogP contribution < -0.4 is 35.9 Å². The van der Waals surface area contributed by atoms with Gasteiger partial charge in [-0.1, -0.05) is 11.6 Å². The van der Waals surface area contributed by atoms with Crippen LogP contribution in [0.2, 0.25) is 5.02 Å². The summed E-state index contributed by atoms with van der Waals surface area (Å²) in [7, 11) is 3.06. The zero-order valence-electron chi connectivity index (χ0n) is 38.7. The molecule has 3 unspecified atom stereocenters. The highest BCUT2D eigenvalue weighted by Gasteiger charge is 2.54. The lowest BCUT2D eigenvalue weighted by Gasteiger charge is -2.46. The van der Waals surface area contributed by atoms with E-state index in [9.17, 15) is 24.0 Å². The summed E-state index contributed by atoms with van der Waals surface area (Å²) in [5.41, 5.74) is 2.35. The number of nitrogens with one attached hydrogen (secondary N) is 3. The molecule has 5 aliphatic heterocycles. The van der Waals surface area contributed by atoms with E-state index in [1.54, 1.807) is 23.9 Å². The molecule has 4 saturated heterocycles. The molecule has 0 bridgehead atoms. The number of ether oxygens (including phenoxy) is 3. The summed E-state index contributed by atoms with van der Waals surface area (Å²) in [5.74, 6) is 0.407. The fraction of sp³-hybridized carbons (Fsp3) is 0.531. The molecule has 3 atom stereocenters. The van der Waals surface area contributed by atoms with Crippen LogP contribution >= 0.6 is 11.6 Å². The van der Waals surface area contributed by atoms with Gasteiger partial charge in [0.25, 0.3) is 17.4 Å². The highest BCUT2D eigenvalue weighted by atomic mass is 35.5. The number of rotatable bonds is 13. The zero-order chi connectivity index (χ0) is 47.5. The third kappa shape index (κ3) is 8.63. The molecule has 5 fully saturated rings. The molecular weight excluding hydrogens is 897 g/mol. The standard InChI is InChI=1S/C49H57ClFN9O8/c1-25(2)60-36-6-5-30(17-28(36)20-38(47(60)64)67-24-40(62)52-3)54-45-34(50)22-53-49(56-45)58-15-11-27(12-16-58)42-43(68-42)29-18-31(19-29)57-13-9-26(10-14-57)32-21-35(51)41-33(44(32)66-4)23-59(48(41)65)37-7-8-39(61)55-46(37)63/h5-6,17,20-22,25-27,29,31,37,42-43H,7-16,18-19,23-24H2,1-4H3,(H,52,62)(H,53,54,56)(H,55,61,63). The van der Waals surface area contributed by atoms with E-state index in [2.05, 4.69) is 30.7 Å². The number of pyridine rings is 1. The molecule has 68 heavy (non-hydrogen) atoms. The molecule has 10 rings (SSSR count). The molecule has 0 spiro atoms. The number of carbonyl (C=O) groups is 4. The predicted octanol–water partition coefficient (Wildman–Crippen LogP) is 5.44. The summed E-state index contributed by atoms with van der Waals surface area (Å²) in [4.78, 5) is 78.4. The maximum Gasteiger partial charge on any atom is 0.293 e. The summed E-state index contributed by atoms with van der Waals surface area (Å²) in [6, 6.07) is 8.28. The van der Waals surface area contributed by atoms with Crippen LogP contribution in [0.25, 0.3) is 10.9 Å². The Morgan fingerprint density at radius 2 is 1.75 bits per heavy atom. The van der Waals surface area contributed by atoms with Gasteiger partial charge in [-0.05, 0) is 120 Å². The molecule has 3 N–H and O–H groups in total. The van der Waals surface area contributed by atoms with Crippen LogP contribution in [0.5, 0.6) is 11.5 Å². The Morgan fingerprint density at radius 1 is 1.00 bits per heavy atom. The van der Waals surface area contributed by atoms with Crippen molar-refractivity contribution in [2.45, 2.75) is 108 Å². The second kappa shape index (κ2) is 18.6. The number of epoxide rings is 1. The highest BCUT2D eigenvalue weighted by Crippen LogP contribution is 2.49. The first-order valence-corrected chi connectivity index (χ1v) is 24.2. The molecule has 4 aromatic rings. The van der Waals surface area contributed by atoms with Gasteiger partial charge >= 0.3 is 0 Å². The number of imide groups is 1. The van der Waals surface area contributed by atoms with Gasteiger partial charge < -0.3 is 44.1 Å². The van der Waals surface area contributed by atoms with Crippen molar-refractivity contribution >= 4 is 63.6 Å². The van der Waals surface area contributed by atoms with Crippen molar-refractivity contribution in [3.63, 3.8) is 0 Å². The number of piperidine rings is 3. The molecule has 2 aromatic carbocycles. The molecule has 19 heteroatoms. The molecule has 0 radical (unpaired) electrons. The number of carbonyl (C=O) groups excluding carboxylic acids is 4. The SMILES string of the molecule is CNC(=O)COc1cc2cc(Nc3nc(N4CCC(C5OC5C5CC(N6CCC(c7cc(F)c8c(c7OC)CN(C7CCC(=O)NC7=O)C8=O)CC6)C5)CC4)ncc3Cl)ccc2n(C(C)C)c1=O. The van der Waals surface area contributed by atoms with Crippen LogP contribution in [0.3, 0.4) is 0 Å². The van der Waals surface area contributed by atoms with Crippen molar-refractivity contribution in [2.75, 3.05) is 57.2 Å². The van der Waals surface area contributed by atoms with Gasteiger partial charge in [0.2, 0.25) is 17.8 Å². The van der Waals surface area contributed by atoms with E-state index in [1.165, 1.54) is 18.0 Å². The molecule has 17 nitrogen and oxygen atoms in total. The average Bonchev–Trinajstić information content (AvgIpc) is 4.02. The minimum atomic E-state index is -0.824. The minimum Gasteiger partial charge on any atom is -0.496 e. The fourth-order valence-corrected chi connectivity index (χ4v) is 11.4. The molecule has 1 aliphatic carbocycles. The lowest BCUT2D eigenvalue weighted by Crippen LogP contribution is -2.52.